The zero-order valence-corrected chi connectivity index (χ0v) is 11.0. The molecule has 0 spiro atoms. The van der Waals surface area contributed by atoms with E-state index in [9.17, 15) is 5.11 Å². The van der Waals surface area contributed by atoms with Gasteiger partial charge in [0.2, 0.25) is 0 Å². The van der Waals surface area contributed by atoms with Gasteiger partial charge in [-0.25, -0.2) is 0 Å². The van der Waals surface area contributed by atoms with Gasteiger partial charge in [0.15, 0.2) is 0 Å². The highest BCUT2D eigenvalue weighted by molar-refractivity contribution is 6.31. The van der Waals surface area contributed by atoms with Gasteiger partial charge in [-0.1, -0.05) is 17.7 Å². The average Bonchev–Trinajstić information content (AvgIpc) is 2.33. The lowest BCUT2D eigenvalue weighted by Crippen LogP contribution is -2.23. The summed E-state index contributed by atoms with van der Waals surface area (Å²) in [7, 11) is 0. The predicted octanol–water partition coefficient (Wildman–Crippen LogP) is 3.61. The van der Waals surface area contributed by atoms with Crippen LogP contribution in [0.3, 0.4) is 0 Å². The average molecular weight is 254 g/mol. The summed E-state index contributed by atoms with van der Waals surface area (Å²) in [5.74, 6) is 0.679. The first-order chi connectivity index (χ1) is 8.15. The van der Waals surface area contributed by atoms with Crippen molar-refractivity contribution in [3.63, 3.8) is 0 Å². The minimum absolute atomic E-state index is 0.0694. The molecule has 0 aromatic heterocycles. The van der Waals surface area contributed by atoms with Gasteiger partial charge in [-0.15, -0.1) is 0 Å². The van der Waals surface area contributed by atoms with Crippen molar-refractivity contribution in [2.24, 2.45) is 5.92 Å². The molecule has 1 saturated carbocycles. The molecule has 1 aromatic carbocycles. The molecule has 1 aliphatic carbocycles. The maximum absolute atomic E-state index is 9.44. The highest BCUT2D eigenvalue weighted by atomic mass is 35.5. The largest absolute Gasteiger partial charge is 0.393 e. The van der Waals surface area contributed by atoms with Crippen LogP contribution in [0.4, 0.5) is 5.69 Å². The quantitative estimate of drug-likeness (QED) is 0.863. The van der Waals surface area contributed by atoms with Gasteiger partial charge in [0.1, 0.15) is 0 Å². The van der Waals surface area contributed by atoms with E-state index in [1.165, 1.54) is 0 Å². The van der Waals surface area contributed by atoms with Crippen molar-refractivity contribution in [3.8, 4) is 0 Å². The first-order valence-electron chi connectivity index (χ1n) is 6.33. The first kappa shape index (κ1) is 12.7. The summed E-state index contributed by atoms with van der Waals surface area (Å²) in [6, 6.07) is 6.09. The normalized spacial score (nSPS) is 24.6. The maximum atomic E-state index is 9.44. The third-order valence-electron chi connectivity index (χ3n) is 3.58. The van der Waals surface area contributed by atoms with Crippen LogP contribution in [0.15, 0.2) is 18.2 Å². The molecule has 1 aromatic rings. The van der Waals surface area contributed by atoms with Crippen LogP contribution >= 0.6 is 11.6 Å². The molecule has 0 heterocycles. The highest BCUT2D eigenvalue weighted by Crippen LogP contribution is 2.25. The number of nitrogens with one attached hydrogen (secondary N) is 1. The van der Waals surface area contributed by atoms with E-state index in [1.54, 1.807) is 0 Å². The van der Waals surface area contributed by atoms with Crippen molar-refractivity contribution >= 4 is 17.3 Å². The van der Waals surface area contributed by atoms with Crippen LogP contribution in [0, 0.1) is 12.8 Å². The van der Waals surface area contributed by atoms with Crippen molar-refractivity contribution in [1.29, 1.82) is 0 Å². The standard InChI is InChI=1S/C14H20ClNO/c1-10-2-5-12(8-14(10)15)16-9-11-3-6-13(17)7-4-11/h2,5,8,11,13,16-17H,3-4,6-7,9H2,1H3. The zero-order valence-electron chi connectivity index (χ0n) is 10.2. The topological polar surface area (TPSA) is 32.3 Å². The number of rotatable bonds is 3. The Morgan fingerprint density at radius 1 is 1.29 bits per heavy atom. The predicted molar refractivity (Wildman–Crippen MR) is 72.6 cm³/mol. The lowest BCUT2D eigenvalue weighted by molar-refractivity contribution is 0.111. The second-order valence-corrected chi connectivity index (χ2v) is 5.43. The smallest absolute Gasteiger partial charge is 0.0540 e. The Hall–Kier alpha value is -0.730. The molecule has 2 nitrogen and oxygen atoms in total. The first-order valence-corrected chi connectivity index (χ1v) is 6.71. The van der Waals surface area contributed by atoms with E-state index in [-0.39, 0.29) is 6.10 Å². The van der Waals surface area contributed by atoms with Crippen LogP contribution in [-0.4, -0.2) is 17.8 Å². The molecule has 0 atom stereocenters. The summed E-state index contributed by atoms with van der Waals surface area (Å²) < 4.78 is 0. The van der Waals surface area contributed by atoms with E-state index in [0.717, 1.165) is 48.5 Å². The fourth-order valence-corrected chi connectivity index (χ4v) is 2.49. The van der Waals surface area contributed by atoms with Gasteiger partial charge >= 0.3 is 0 Å². The fraction of sp³-hybridized carbons (Fsp3) is 0.571. The molecule has 0 unspecified atom stereocenters. The molecule has 0 aliphatic heterocycles. The molecule has 0 amide bonds. The molecular formula is C14H20ClNO. The lowest BCUT2D eigenvalue weighted by atomic mass is 9.87. The SMILES string of the molecule is Cc1ccc(NCC2CCC(O)CC2)cc1Cl. The van der Waals surface area contributed by atoms with Crippen molar-refractivity contribution in [2.45, 2.75) is 38.7 Å². The molecule has 2 rings (SSSR count). The van der Waals surface area contributed by atoms with E-state index in [4.69, 9.17) is 11.6 Å². The Labute approximate surface area is 108 Å². The van der Waals surface area contributed by atoms with E-state index in [0.29, 0.717) is 5.92 Å². The highest BCUT2D eigenvalue weighted by Gasteiger charge is 2.18. The summed E-state index contributed by atoms with van der Waals surface area (Å²) in [4.78, 5) is 0. The molecule has 0 bridgehead atoms. The van der Waals surface area contributed by atoms with Gasteiger partial charge in [-0.05, 0) is 56.2 Å². The summed E-state index contributed by atoms with van der Waals surface area (Å²) in [5, 5.41) is 13.7. The third kappa shape index (κ3) is 3.62. The number of aliphatic hydroxyl groups is 1. The van der Waals surface area contributed by atoms with Gasteiger partial charge in [-0.2, -0.15) is 0 Å². The Balaban J connectivity index is 1.83. The molecular weight excluding hydrogens is 234 g/mol. The minimum atomic E-state index is -0.0694. The molecule has 0 saturated heterocycles. The molecule has 94 valence electrons. The number of halogens is 1. The summed E-state index contributed by atoms with van der Waals surface area (Å²) >= 11 is 6.08. The maximum Gasteiger partial charge on any atom is 0.0540 e. The number of aliphatic hydroxyl groups excluding tert-OH is 1. The molecule has 1 aliphatic rings. The van der Waals surface area contributed by atoms with Crippen molar-refractivity contribution in [1.82, 2.24) is 0 Å². The van der Waals surface area contributed by atoms with Gasteiger partial charge < -0.3 is 10.4 Å². The van der Waals surface area contributed by atoms with Crippen molar-refractivity contribution in [2.75, 3.05) is 11.9 Å². The van der Waals surface area contributed by atoms with Crippen LogP contribution < -0.4 is 5.32 Å². The molecule has 2 N–H and O–H groups in total. The van der Waals surface area contributed by atoms with Crippen LogP contribution in [0.2, 0.25) is 5.02 Å². The Morgan fingerprint density at radius 2 is 2.00 bits per heavy atom. The van der Waals surface area contributed by atoms with Gasteiger partial charge in [0.05, 0.1) is 6.10 Å². The minimum Gasteiger partial charge on any atom is -0.393 e. The van der Waals surface area contributed by atoms with Gasteiger partial charge in [0.25, 0.3) is 0 Å². The van der Waals surface area contributed by atoms with Crippen LogP contribution in [0.1, 0.15) is 31.2 Å². The second-order valence-electron chi connectivity index (χ2n) is 5.02. The van der Waals surface area contributed by atoms with Crippen LogP contribution in [0.5, 0.6) is 0 Å². The van der Waals surface area contributed by atoms with E-state index in [1.807, 2.05) is 19.1 Å². The number of benzene rings is 1. The van der Waals surface area contributed by atoms with Gasteiger partial charge in [0, 0.05) is 17.3 Å². The summed E-state index contributed by atoms with van der Waals surface area (Å²) in [5.41, 5.74) is 2.20. The second kappa shape index (κ2) is 5.74. The Bertz CT molecular complexity index is 372. The van der Waals surface area contributed by atoms with E-state index >= 15 is 0 Å². The molecule has 3 heteroatoms. The van der Waals surface area contributed by atoms with E-state index in [2.05, 4.69) is 11.4 Å². The monoisotopic (exact) mass is 253 g/mol. The lowest BCUT2D eigenvalue weighted by Gasteiger charge is -2.25. The molecule has 17 heavy (non-hydrogen) atoms. The van der Waals surface area contributed by atoms with Crippen LogP contribution in [0.25, 0.3) is 0 Å². The number of hydrogen-bond acceptors (Lipinski definition) is 2. The fourth-order valence-electron chi connectivity index (χ4n) is 2.31. The Kier molecular flexibility index (Phi) is 4.30. The number of anilines is 1. The molecule has 1 fully saturated rings. The summed E-state index contributed by atoms with van der Waals surface area (Å²) in [6.45, 7) is 2.99. The number of aryl methyl sites for hydroxylation is 1. The zero-order chi connectivity index (χ0) is 12.3. The van der Waals surface area contributed by atoms with Crippen molar-refractivity contribution < 1.29 is 5.11 Å². The van der Waals surface area contributed by atoms with Crippen molar-refractivity contribution in [3.05, 3.63) is 28.8 Å². The van der Waals surface area contributed by atoms with Gasteiger partial charge in [-0.3, -0.25) is 0 Å². The third-order valence-corrected chi connectivity index (χ3v) is 3.99. The van der Waals surface area contributed by atoms with Crippen LogP contribution in [-0.2, 0) is 0 Å². The van der Waals surface area contributed by atoms with E-state index < -0.39 is 0 Å². The Morgan fingerprint density at radius 3 is 2.65 bits per heavy atom. The summed E-state index contributed by atoms with van der Waals surface area (Å²) in [6.07, 6.45) is 4.06. The molecule has 0 radical (unpaired) electrons. The number of hydrogen-bond donors (Lipinski definition) is 2.